The summed E-state index contributed by atoms with van der Waals surface area (Å²) in [6.07, 6.45) is -0.140. The zero-order valence-corrected chi connectivity index (χ0v) is 9.34. The van der Waals surface area contributed by atoms with Crippen LogP contribution >= 0.6 is 0 Å². The monoisotopic (exact) mass is 218 g/mol. The molecule has 1 amide bonds. The number of carbonyl (C=O) groups is 1. The van der Waals surface area contributed by atoms with Gasteiger partial charge >= 0.3 is 0 Å². The van der Waals surface area contributed by atoms with Crippen molar-refractivity contribution in [3.63, 3.8) is 0 Å². The zero-order chi connectivity index (χ0) is 12.1. The number of nitrogens with zero attached hydrogens (tertiary/aromatic N) is 2. The van der Waals surface area contributed by atoms with Crippen LogP contribution < -0.4 is 4.90 Å². The highest BCUT2D eigenvalue weighted by Gasteiger charge is 2.18. The number of aromatic hydroxyl groups is 1. The van der Waals surface area contributed by atoms with Gasteiger partial charge in [-0.3, -0.25) is 4.79 Å². The highest BCUT2D eigenvalue weighted by atomic mass is 16.3. The molecule has 1 aromatic carbocycles. The van der Waals surface area contributed by atoms with E-state index < -0.39 is 0 Å². The molecule has 4 heteroatoms. The Balaban J connectivity index is 2.99. The van der Waals surface area contributed by atoms with Crippen molar-refractivity contribution in [2.45, 2.75) is 26.3 Å². The van der Waals surface area contributed by atoms with E-state index in [9.17, 15) is 4.79 Å². The molecule has 0 aliphatic heterocycles. The van der Waals surface area contributed by atoms with E-state index in [1.807, 2.05) is 19.9 Å². The Morgan fingerprint density at radius 2 is 2.00 bits per heavy atom. The van der Waals surface area contributed by atoms with Crippen LogP contribution in [0.2, 0.25) is 0 Å². The molecular weight excluding hydrogens is 204 g/mol. The molecular formula is C12H14N2O2. The second-order valence-electron chi connectivity index (χ2n) is 3.71. The SMILES string of the molecule is CC(C)N(C(=O)CC#N)c1ccc(O)cc1. The molecule has 4 nitrogen and oxygen atoms in total. The van der Waals surface area contributed by atoms with Crippen molar-refractivity contribution in [3.05, 3.63) is 24.3 Å². The van der Waals surface area contributed by atoms with Crippen LogP contribution in [-0.4, -0.2) is 17.1 Å². The van der Waals surface area contributed by atoms with E-state index in [2.05, 4.69) is 0 Å². The number of hydrogen-bond acceptors (Lipinski definition) is 3. The fraction of sp³-hybridized carbons (Fsp3) is 0.333. The molecule has 0 aromatic heterocycles. The second kappa shape index (κ2) is 5.17. The standard InChI is InChI=1S/C12H14N2O2/c1-9(2)14(12(16)7-8-13)10-3-5-11(15)6-4-10/h3-6,9,15H,7H2,1-2H3. The Labute approximate surface area is 94.7 Å². The molecule has 0 saturated carbocycles. The number of anilines is 1. The van der Waals surface area contributed by atoms with Crippen molar-refractivity contribution >= 4 is 11.6 Å². The summed E-state index contributed by atoms with van der Waals surface area (Å²) in [5, 5.41) is 17.7. The first-order chi connectivity index (χ1) is 7.56. The first-order valence-electron chi connectivity index (χ1n) is 5.04. The van der Waals surface area contributed by atoms with Gasteiger partial charge in [0.2, 0.25) is 5.91 Å². The molecule has 1 aromatic rings. The number of rotatable bonds is 3. The average molecular weight is 218 g/mol. The number of carbonyl (C=O) groups excluding carboxylic acids is 1. The minimum absolute atomic E-state index is 0.0228. The van der Waals surface area contributed by atoms with Crippen molar-refractivity contribution in [1.82, 2.24) is 0 Å². The summed E-state index contributed by atoms with van der Waals surface area (Å²) in [5.41, 5.74) is 0.688. The van der Waals surface area contributed by atoms with E-state index in [0.717, 1.165) is 0 Å². The minimum atomic E-state index is -0.233. The topological polar surface area (TPSA) is 64.3 Å². The lowest BCUT2D eigenvalue weighted by atomic mass is 10.2. The maximum atomic E-state index is 11.7. The fourth-order valence-electron chi connectivity index (χ4n) is 1.50. The van der Waals surface area contributed by atoms with Crippen LogP contribution in [-0.2, 0) is 4.79 Å². The number of hydrogen-bond donors (Lipinski definition) is 1. The van der Waals surface area contributed by atoms with Crippen LogP contribution in [0.4, 0.5) is 5.69 Å². The third kappa shape index (κ3) is 2.74. The highest BCUT2D eigenvalue weighted by molar-refractivity contribution is 5.95. The molecule has 0 spiro atoms. The quantitative estimate of drug-likeness (QED) is 0.844. The Hall–Kier alpha value is -2.02. The molecule has 0 bridgehead atoms. The predicted molar refractivity (Wildman–Crippen MR) is 61.0 cm³/mol. The number of nitriles is 1. The Morgan fingerprint density at radius 1 is 1.44 bits per heavy atom. The first-order valence-corrected chi connectivity index (χ1v) is 5.04. The van der Waals surface area contributed by atoms with Gasteiger partial charge in [-0.25, -0.2) is 0 Å². The molecule has 1 rings (SSSR count). The van der Waals surface area contributed by atoms with Gasteiger partial charge in [0.15, 0.2) is 0 Å². The molecule has 84 valence electrons. The van der Waals surface area contributed by atoms with Gasteiger partial charge in [-0.2, -0.15) is 5.26 Å². The molecule has 0 radical (unpaired) electrons. The lowest BCUT2D eigenvalue weighted by Crippen LogP contribution is -2.36. The summed E-state index contributed by atoms with van der Waals surface area (Å²) in [5.74, 6) is -0.0802. The summed E-state index contributed by atoms with van der Waals surface area (Å²) in [6.45, 7) is 3.75. The molecule has 0 aliphatic rings. The van der Waals surface area contributed by atoms with E-state index >= 15 is 0 Å². The highest BCUT2D eigenvalue weighted by Crippen LogP contribution is 2.21. The number of phenols is 1. The number of amides is 1. The maximum absolute atomic E-state index is 11.7. The van der Waals surface area contributed by atoms with Crippen LogP contribution in [0.3, 0.4) is 0 Å². The van der Waals surface area contributed by atoms with Gasteiger partial charge in [-0.15, -0.1) is 0 Å². The Bertz CT molecular complexity index is 404. The second-order valence-corrected chi connectivity index (χ2v) is 3.71. The van der Waals surface area contributed by atoms with Gasteiger partial charge in [0.25, 0.3) is 0 Å². The van der Waals surface area contributed by atoms with Gasteiger partial charge in [-0.05, 0) is 38.1 Å². The smallest absolute Gasteiger partial charge is 0.241 e. The van der Waals surface area contributed by atoms with Crippen LogP contribution in [0.1, 0.15) is 20.3 Å². The largest absolute Gasteiger partial charge is 0.508 e. The summed E-state index contributed by atoms with van der Waals surface area (Å²) >= 11 is 0. The number of benzene rings is 1. The minimum Gasteiger partial charge on any atom is -0.508 e. The van der Waals surface area contributed by atoms with E-state index in [0.29, 0.717) is 5.69 Å². The summed E-state index contributed by atoms with van der Waals surface area (Å²) < 4.78 is 0. The van der Waals surface area contributed by atoms with Gasteiger partial charge in [-0.1, -0.05) is 0 Å². The molecule has 16 heavy (non-hydrogen) atoms. The van der Waals surface area contributed by atoms with E-state index in [1.54, 1.807) is 17.0 Å². The molecule has 0 fully saturated rings. The molecule has 0 saturated heterocycles. The maximum Gasteiger partial charge on any atom is 0.241 e. The van der Waals surface area contributed by atoms with E-state index in [1.165, 1.54) is 12.1 Å². The van der Waals surface area contributed by atoms with Gasteiger partial charge < -0.3 is 10.0 Å². The van der Waals surface area contributed by atoms with Crippen molar-refractivity contribution in [2.75, 3.05) is 4.90 Å². The fourth-order valence-corrected chi connectivity index (χ4v) is 1.50. The molecule has 0 atom stereocenters. The molecule has 0 aliphatic carbocycles. The normalized spacial score (nSPS) is 9.88. The van der Waals surface area contributed by atoms with Crippen molar-refractivity contribution in [1.29, 1.82) is 5.26 Å². The third-order valence-electron chi connectivity index (χ3n) is 2.14. The molecule has 0 heterocycles. The van der Waals surface area contributed by atoms with Crippen molar-refractivity contribution in [2.24, 2.45) is 0 Å². The summed E-state index contributed by atoms with van der Waals surface area (Å²) in [4.78, 5) is 13.3. The first kappa shape index (κ1) is 12.1. The van der Waals surface area contributed by atoms with E-state index in [-0.39, 0.29) is 24.1 Å². The van der Waals surface area contributed by atoms with Crippen LogP contribution in [0.15, 0.2) is 24.3 Å². The van der Waals surface area contributed by atoms with Gasteiger partial charge in [0.1, 0.15) is 12.2 Å². The van der Waals surface area contributed by atoms with Crippen molar-refractivity contribution < 1.29 is 9.90 Å². The predicted octanol–water partition coefficient (Wildman–Crippen LogP) is 2.05. The van der Waals surface area contributed by atoms with Crippen molar-refractivity contribution in [3.8, 4) is 11.8 Å². The van der Waals surface area contributed by atoms with Crippen LogP contribution in [0.25, 0.3) is 0 Å². The van der Waals surface area contributed by atoms with Gasteiger partial charge in [0, 0.05) is 11.7 Å². The van der Waals surface area contributed by atoms with Crippen LogP contribution in [0.5, 0.6) is 5.75 Å². The number of phenolic OH excluding ortho intramolecular Hbond substituents is 1. The lowest BCUT2D eigenvalue weighted by molar-refractivity contribution is -0.118. The lowest BCUT2D eigenvalue weighted by Gasteiger charge is -2.26. The zero-order valence-electron chi connectivity index (χ0n) is 9.34. The summed E-state index contributed by atoms with van der Waals surface area (Å²) in [6, 6.07) is 8.17. The van der Waals surface area contributed by atoms with E-state index in [4.69, 9.17) is 10.4 Å². The average Bonchev–Trinajstić information content (AvgIpc) is 2.21. The Morgan fingerprint density at radius 3 is 2.44 bits per heavy atom. The molecule has 0 unspecified atom stereocenters. The molecule has 1 N–H and O–H groups in total. The summed E-state index contributed by atoms with van der Waals surface area (Å²) in [7, 11) is 0. The van der Waals surface area contributed by atoms with Crippen LogP contribution in [0, 0.1) is 11.3 Å². The Kier molecular flexibility index (Phi) is 3.90. The van der Waals surface area contributed by atoms with Gasteiger partial charge in [0.05, 0.1) is 6.07 Å². The third-order valence-corrected chi connectivity index (χ3v) is 2.14.